The van der Waals surface area contributed by atoms with Crippen LogP contribution in [0.3, 0.4) is 0 Å². The molecular weight excluding hydrogens is 327 g/mol. The summed E-state index contributed by atoms with van der Waals surface area (Å²) in [6.07, 6.45) is 6.24. The third-order valence-electron chi connectivity index (χ3n) is 5.09. The van der Waals surface area contributed by atoms with Crippen LogP contribution in [0.15, 0.2) is 54.6 Å². The van der Waals surface area contributed by atoms with Crippen LogP contribution in [0.1, 0.15) is 36.6 Å². The van der Waals surface area contributed by atoms with Gasteiger partial charge in [0.05, 0.1) is 0 Å². The topological polar surface area (TPSA) is 0 Å². The molecule has 4 rings (SSSR count). The Morgan fingerprint density at radius 3 is 2.40 bits per heavy atom. The first-order valence-corrected chi connectivity index (χ1v) is 10.0. The summed E-state index contributed by atoms with van der Waals surface area (Å²) in [4.78, 5) is 2.41. The average Bonchev–Trinajstić information content (AvgIpc) is 3.36. The van der Waals surface area contributed by atoms with Crippen LogP contribution in [0.2, 0.25) is 0 Å². The number of hydrogen-bond donors (Lipinski definition) is 0. The third-order valence-corrected chi connectivity index (χ3v) is 6.27. The molecule has 2 heteroatoms. The fraction of sp³-hybridized carbons (Fsp3) is 0.304. The number of halogens is 1. The smallest absolute Gasteiger partial charge is 0.132 e. The summed E-state index contributed by atoms with van der Waals surface area (Å²) in [5, 5.41) is 0. The van der Waals surface area contributed by atoms with E-state index in [-0.39, 0.29) is 5.82 Å². The molecule has 3 aromatic rings. The van der Waals surface area contributed by atoms with E-state index in [1.165, 1.54) is 29.7 Å². The predicted octanol–water partition coefficient (Wildman–Crippen LogP) is 7.13. The fourth-order valence-corrected chi connectivity index (χ4v) is 4.29. The summed E-state index contributed by atoms with van der Waals surface area (Å²) >= 11 is 1.74. The van der Waals surface area contributed by atoms with Crippen LogP contribution in [0.25, 0.3) is 21.6 Å². The molecule has 0 radical (unpaired) electrons. The molecule has 0 bridgehead atoms. The summed E-state index contributed by atoms with van der Waals surface area (Å²) in [6, 6.07) is 18.2. The second kappa shape index (κ2) is 7.13. The molecule has 1 aliphatic rings. The lowest BCUT2D eigenvalue weighted by atomic mass is 10.0. The molecule has 0 N–H and O–H groups in total. The summed E-state index contributed by atoms with van der Waals surface area (Å²) in [6.45, 7) is 2.14. The Balaban J connectivity index is 1.54. The number of thiophene rings is 1. The van der Waals surface area contributed by atoms with Crippen LogP contribution < -0.4 is 0 Å². The Morgan fingerprint density at radius 2 is 1.72 bits per heavy atom. The molecule has 0 unspecified atom stereocenters. The van der Waals surface area contributed by atoms with Crippen molar-refractivity contribution in [2.75, 3.05) is 0 Å². The normalized spacial score (nSPS) is 14.0. The number of hydrogen-bond acceptors (Lipinski definition) is 1. The van der Waals surface area contributed by atoms with Crippen molar-refractivity contribution in [2.24, 2.45) is 5.92 Å². The Kier molecular flexibility index (Phi) is 4.72. The molecule has 0 saturated heterocycles. The van der Waals surface area contributed by atoms with Gasteiger partial charge in [0.2, 0.25) is 0 Å². The molecule has 128 valence electrons. The van der Waals surface area contributed by atoms with Crippen molar-refractivity contribution in [3.05, 3.63) is 70.9 Å². The number of benzene rings is 2. The van der Waals surface area contributed by atoms with Gasteiger partial charge in [-0.3, -0.25) is 0 Å². The lowest BCUT2D eigenvalue weighted by Gasteiger charge is -2.06. The van der Waals surface area contributed by atoms with Crippen molar-refractivity contribution in [2.45, 2.75) is 39.0 Å². The SMILES string of the molecule is CCc1ccc(-c2ccc(-c3ccc(CCC4CC4)s3)c(F)c2)cc1. The van der Waals surface area contributed by atoms with Crippen molar-refractivity contribution in [3.8, 4) is 21.6 Å². The molecule has 1 saturated carbocycles. The van der Waals surface area contributed by atoms with Gasteiger partial charge < -0.3 is 0 Å². The van der Waals surface area contributed by atoms with Crippen molar-refractivity contribution in [1.29, 1.82) is 0 Å². The molecule has 0 atom stereocenters. The monoisotopic (exact) mass is 350 g/mol. The number of aryl methyl sites for hydroxylation is 2. The first-order chi connectivity index (χ1) is 12.2. The highest BCUT2D eigenvalue weighted by Crippen LogP contribution is 2.36. The van der Waals surface area contributed by atoms with E-state index in [9.17, 15) is 4.39 Å². The van der Waals surface area contributed by atoms with Crippen LogP contribution in [0.5, 0.6) is 0 Å². The lowest BCUT2D eigenvalue weighted by molar-refractivity contribution is 0.632. The van der Waals surface area contributed by atoms with Crippen LogP contribution in [-0.4, -0.2) is 0 Å². The van der Waals surface area contributed by atoms with Gasteiger partial charge in [0.1, 0.15) is 5.82 Å². The summed E-state index contributed by atoms with van der Waals surface area (Å²) in [5.74, 6) is 0.813. The van der Waals surface area contributed by atoms with Crippen molar-refractivity contribution in [3.63, 3.8) is 0 Å². The summed E-state index contributed by atoms with van der Waals surface area (Å²) < 4.78 is 14.7. The van der Waals surface area contributed by atoms with Gasteiger partial charge in [-0.05, 0) is 66.1 Å². The van der Waals surface area contributed by atoms with Crippen LogP contribution in [0, 0.1) is 11.7 Å². The van der Waals surface area contributed by atoms with E-state index in [1.54, 1.807) is 17.4 Å². The molecule has 0 amide bonds. The van der Waals surface area contributed by atoms with Crippen LogP contribution in [0.4, 0.5) is 4.39 Å². The highest BCUT2D eigenvalue weighted by molar-refractivity contribution is 7.15. The molecule has 1 aromatic heterocycles. The Bertz CT molecular complexity index is 856. The molecule has 0 spiro atoms. The predicted molar refractivity (Wildman–Crippen MR) is 106 cm³/mol. The molecule has 1 fully saturated rings. The minimum atomic E-state index is -0.132. The Hall–Kier alpha value is -1.93. The molecule has 1 heterocycles. The molecule has 2 aromatic carbocycles. The zero-order chi connectivity index (χ0) is 17.2. The first-order valence-electron chi connectivity index (χ1n) is 9.21. The maximum atomic E-state index is 14.7. The minimum Gasteiger partial charge on any atom is -0.206 e. The van der Waals surface area contributed by atoms with E-state index in [0.717, 1.165) is 40.3 Å². The Labute approximate surface area is 153 Å². The second-order valence-electron chi connectivity index (χ2n) is 6.99. The standard InChI is InChI=1S/C23H23FS/c1-2-16-5-8-18(9-6-16)19-10-13-21(22(24)15-19)23-14-12-20(25-23)11-7-17-3-4-17/h5-6,8-10,12-15,17H,2-4,7,11H2,1H3. The van der Waals surface area contributed by atoms with Gasteiger partial charge in [0.15, 0.2) is 0 Å². The first kappa shape index (κ1) is 16.5. The molecular formula is C23H23FS. The highest BCUT2D eigenvalue weighted by atomic mass is 32.1. The van der Waals surface area contributed by atoms with Crippen LogP contribution >= 0.6 is 11.3 Å². The Morgan fingerprint density at radius 1 is 0.960 bits per heavy atom. The van der Waals surface area contributed by atoms with Gasteiger partial charge in [-0.2, -0.15) is 0 Å². The van der Waals surface area contributed by atoms with Gasteiger partial charge in [-0.25, -0.2) is 4.39 Å². The zero-order valence-corrected chi connectivity index (χ0v) is 15.4. The van der Waals surface area contributed by atoms with E-state index in [4.69, 9.17) is 0 Å². The fourth-order valence-electron chi connectivity index (χ4n) is 3.24. The van der Waals surface area contributed by atoms with Crippen LogP contribution in [-0.2, 0) is 12.8 Å². The minimum absolute atomic E-state index is 0.132. The van der Waals surface area contributed by atoms with Gasteiger partial charge in [0.25, 0.3) is 0 Å². The van der Waals surface area contributed by atoms with Crippen molar-refractivity contribution in [1.82, 2.24) is 0 Å². The summed E-state index contributed by atoms with van der Waals surface area (Å²) in [7, 11) is 0. The van der Waals surface area contributed by atoms with E-state index in [1.807, 2.05) is 12.1 Å². The maximum absolute atomic E-state index is 14.7. The quantitative estimate of drug-likeness (QED) is 0.444. The van der Waals surface area contributed by atoms with E-state index >= 15 is 0 Å². The number of rotatable bonds is 6. The maximum Gasteiger partial charge on any atom is 0.132 e. The largest absolute Gasteiger partial charge is 0.206 e. The lowest BCUT2D eigenvalue weighted by Crippen LogP contribution is -1.86. The van der Waals surface area contributed by atoms with E-state index in [0.29, 0.717) is 0 Å². The van der Waals surface area contributed by atoms with Crippen molar-refractivity contribution < 1.29 is 4.39 Å². The van der Waals surface area contributed by atoms with Crippen molar-refractivity contribution >= 4 is 11.3 Å². The zero-order valence-electron chi connectivity index (χ0n) is 14.6. The van der Waals surface area contributed by atoms with E-state index < -0.39 is 0 Å². The molecule has 1 aliphatic carbocycles. The molecule has 0 aliphatic heterocycles. The van der Waals surface area contributed by atoms with E-state index in [2.05, 4.69) is 43.3 Å². The summed E-state index contributed by atoms with van der Waals surface area (Å²) in [5.41, 5.74) is 4.03. The molecule has 25 heavy (non-hydrogen) atoms. The second-order valence-corrected chi connectivity index (χ2v) is 8.16. The molecule has 0 nitrogen and oxygen atoms in total. The van der Waals surface area contributed by atoms with Gasteiger partial charge >= 0.3 is 0 Å². The van der Waals surface area contributed by atoms with Gasteiger partial charge in [-0.15, -0.1) is 11.3 Å². The highest BCUT2D eigenvalue weighted by Gasteiger charge is 2.21. The van der Waals surface area contributed by atoms with Gasteiger partial charge in [0, 0.05) is 15.3 Å². The average molecular weight is 351 g/mol. The van der Waals surface area contributed by atoms with Gasteiger partial charge in [-0.1, -0.05) is 50.1 Å². The third kappa shape index (κ3) is 3.85.